The predicted octanol–water partition coefficient (Wildman–Crippen LogP) is 2.87. The number of nitrogens with zero attached hydrogens (tertiary/aromatic N) is 2. The molecule has 22 heavy (non-hydrogen) atoms. The maximum Gasteiger partial charge on any atom is 0.247 e. The highest BCUT2D eigenvalue weighted by Crippen LogP contribution is 2.36. The third kappa shape index (κ3) is 2.86. The van der Waals surface area contributed by atoms with Gasteiger partial charge in [0.05, 0.1) is 19.1 Å². The minimum absolute atomic E-state index is 0.257. The van der Waals surface area contributed by atoms with Crippen molar-refractivity contribution in [2.24, 2.45) is 5.10 Å². The van der Waals surface area contributed by atoms with Crippen molar-refractivity contribution in [3.8, 4) is 5.75 Å². The van der Waals surface area contributed by atoms with Crippen LogP contribution in [0.4, 0.5) is 0 Å². The molecule has 0 spiro atoms. The second-order valence-corrected chi connectivity index (χ2v) is 7.87. The van der Waals surface area contributed by atoms with E-state index in [9.17, 15) is 8.42 Å². The van der Waals surface area contributed by atoms with E-state index in [1.807, 2.05) is 41.8 Å². The topological polar surface area (TPSA) is 59.0 Å². The van der Waals surface area contributed by atoms with Gasteiger partial charge in [0, 0.05) is 11.3 Å². The molecular formula is C15H16N2O3S2. The molecule has 0 fully saturated rings. The summed E-state index contributed by atoms with van der Waals surface area (Å²) in [6.07, 6.45) is 1.76. The second kappa shape index (κ2) is 5.73. The van der Waals surface area contributed by atoms with E-state index in [1.54, 1.807) is 18.4 Å². The lowest BCUT2D eigenvalue weighted by molar-refractivity contribution is 0.379. The van der Waals surface area contributed by atoms with Gasteiger partial charge >= 0.3 is 0 Å². The van der Waals surface area contributed by atoms with Gasteiger partial charge in [0.25, 0.3) is 0 Å². The summed E-state index contributed by atoms with van der Waals surface area (Å²) in [5.74, 6) is 0.761. The van der Waals surface area contributed by atoms with Crippen LogP contribution in [0.3, 0.4) is 0 Å². The third-order valence-corrected chi connectivity index (χ3v) is 5.50. The molecule has 1 atom stereocenters. The van der Waals surface area contributed by atoms with Crippen molar-refractivity contribution in [3.05, 3.63) is 52.2 Å². The number of sulfonamides is 1. The molecule has 1 aromatic carbocycles. The van der Waals surface area contributed by atoms with Crippen molar-refractivity contribution >= 4 is 27.1 Å². The van der Waals surface area contributed by atoms with E-state index in [0.29, 0.717) is 6.42 Å². The molecule has 0 N–H and O–H groups in total. The summed E-state index contributed by atoms with van der Waals surface area (Å²) < 4.78 is 30.4. The molecule has 116 valence electrons. The maximum absolute atomic E-state index is 12.0. The molecule has 0 bridgehead atoms. The first-order valence-electron chi connectivity index (χ1n) is 6.74. The lowest BCUT2D eigenvalue weighted by atomic mass is 10.0. The van der Waals surface area contributed by atoms with Gasteiger partial charge in [-0.3, -0.25) is 0 Å². The van der Waals surface area contributed by atoms with Gasteiger partial charge in [0.2, 0.25) is 10.0 Å². The lowest BCUT2D eigenvalue weighted by Crippen LogP contribution is -2.25. The third-order valence-electron chi connectivity index (χ3n) is 3.51. The Hall–Kier alpha value is -1.86. The Kier molecular flexibility index (Phi) is 3.92. The lowest BCUT2D eigenvalue weighted by Gasteiger charge is -2.19. The fraction of sp³-hybridized carbons (Fsp3) is 0.267. The van der Waals surface area contributed by atoms with Crippen LogP contribution in [0.15, 0.2) is 46.9 Å². The van der Waals surface area contributed by atoms with Crippen LogP contribution in [0.1, 0.15) is 22.9 Å². The summed E-state index contributed by atoms with van der Waals surface area (Å²) in [7, 11) is -1.79. The number of rotatable bonds is 4. The average Bonchev–Trinajstić information content (AvgIpc) is 3.15. The number of hydrogen-bond donors (Lipinski definition) is 0. The number of methoxy groups -OCH3 is 1. The zero-order valence-electron chi connectivity index (χ0n) is 12.3. The van der Waals surface area contributed by atoms with Crippen molar-refractivity contribution in [2.45, 2.75) is 12.5 Å². The summed E-state index contributed by atoms with van der Waals surface area (Å²) in [5.41, 5.74) is 1.68. The SMILES string of the molecule is COc1ccc(C2=NN(S(C)(=O)=O)[C@@H](c3cccs3)C2)cc1. The van der Waals surface area contributed by atoms with Crippen LogP contribution < -0.4 is 4.74 Å². The number of hydrazone groups is 1. The molecule has 0 saturated carbocycles. The summed E-state index contributed by atoms with van der Waals surface area (Å²) in [6, 6.07) is 11.1. The smallest absolute Gasteiger partial charge is 0.247 e. The van der Waals surface area contributed by atoms with Crippen LogP contribution in [0.2, 0.25) is 0 Å². The Morgan fingerprint density at radius 1 is 1.27 bits per heavy atom. The maximum atomic E-state index is 12.0. The molecule has 0 amide bonds. The minimum Gasteiger partial charge on any atom is -0.497 e. The van der Waals surface area contributed by atoms with Crippen LogP contribution in [0, 0.1) is 0 Å². The van der Waals surface area contributed by atoms with Gasteiger partial charge < -0.3 is 4.74 Å². The second-order valence-electron chi connectivity index (χ2n) is 5.05. The summed E-state index contributed by atoms with van der Waals surface area (Å²) >= 11 is 1.54. The van der Waals surface area contributed by atoms with Gasteiger partial charge in [-0.2, -0.15) is 9.52 Å². The van der Waals surface area contributed by atoms with Crippen molar-refractivity contribution < 1.29 is 13.2 Å². The van der Waals surface area contributed by atoms with E-state index in [1.165, 1.54) is 10.7 Å². The zero-order chi connectivity index (χ0) is 15.7. The fourth-order valence-electron chi connectivity index (χ4n) is 2.45. The summed E-state index contributed by atoms with van der Waals surface area (Å²) in [6.45, 7) is 0. The van der Waals surface area contributed by atoms with Gasteiger partial charge in [-0.25, -0.2) is 8.42 Å². The van der Waals surface area contributed by atoms with Gasteiger partial charge in [0.1, 0.15) is 11.8 Å². The Morgan fingerprint density at radius 3 is 2.55 bits per heavy atom. The van der Waals surface area contributed by atoms with Crippen molar-refractivity contribution in [1.29, 1.82) is 0 Å². The van der Waals surface area contributed by atoms with Crippen LogP contribution in [0.5, 0.6) is 5.75 Å². The molecule has 3 rings (SSSR count). The van der Waals surface area contributed by atoms with Gasteiger partial charge in [0.15, 0.2) is 0 Å². The Labute approximate surface area is 133 Å². The minimum atomic E-state index is -3.40. The summed E-state index contributed by atoms with van der Waals surface area (Å²) in [4.78, 5) is 0.998. The zero-order valence-corrected chi connectivity index (χ0v) is 13.9. The monoisotopic (exact) mass is 336 g/mol. The number of hydrogen-bond acceptors (Lipinski definition) is 5. The highest BCUT2D eigenvalue weighted by molar-refractivity contribution is 7.88. The average molecular weight is 336 g/mol. The molecule has 2 heterocycles. The van der Waals surface area contributed by atoms with Gasteiger partial charge in [-0.1, -0.05) is 6.07 Å². The molecule has 1 aromatic heterocycles. The van der Waals surface area contributed by atoms with Crippen molar-refractivity contribution in [2.75, 3.05) is 13.4 Å². The highest BCUT2D eigenvalue weighted by Gasteiger charge is 2.34. The van der Waals surface area contributed by atoms with Crippen LogP contribution in [-0.4, -0.2) is 31.9 Å². The molecule has 2 aromatic rings. The van der Waals surface area contributed by atoms with Crippen LogP contribution in [0.25, 0.3) is 0 Å². The molecule has 1 aliphatic heterocycles. The Balaban J connectivity index is 1.96. The Morgan fingerprint density at radius 2 is 2.00 bits per heavy atom. The standard InChI is InChI=1S/C15H16N2O3S2/c1-20-12-7-5-11(6-8-12)13-10-14(15-4-3-9-21-15)17(16-13)22(2,18)19/h3-9,14H,10H2,1-2H3/t14-/m1/s1. The van der Waals surface area contributed by atoms with E-state index in [2.05, 4.69) is 5.10 Å². The molecule has 0 saturated heterocycles. The van der Waals surface area contributed by atoms with Gasteiger partial charge in [-0.15, -0.1) is 11.3 Å². The first kappa shape index (κ1) is 15.1. The largest absolute Gasteiger partial charge is 0.497 e. The molecule has 7 heteroatoms. The number of thiophene rings is 1. The van der Waals surface area contributed by atoms with E-state index in [-0.39, 0.29) is 6.04 Å². The quantitative estimate of drug-likeness (QED) is 0.862. The molecule has 0 aliphatic carbocycles. The van der Waals surface area contributed by atoms with Gasteiger partial charge in [-0.05, 0) is 41.3 Å². The first-order valence-corrected chi connectivity index (χ1v) is 9.46. The van der Waals surface area contributed by atoms with E-state index in [4.69, 9.17) is 4.74 Å². The Bertz CT molecular complexity index is 781. The summed E-state index contributed by atoms with van der Waals surface area (Å²) in [5, 5.41) is 6.30. The van der Waals surface area contributed by atoms with Crippen molar-refractivity contribution in [1.82, 2.24) is 4.41 Å². The van der Waals surface area contributed by atoms with Crippen LogP contribution >= 0.6 is 11.3 Å². The van der Waals surface area contributed by atoms with E-state index < -0.39 is 10.0 Å². The predicted molar refractivity (Wildman–Crippen MR) is 87.9 cm³/mol. The molecule has 1 aliphatic rings. The van der Waals surface area contributed by atoms with Crippen LogP contribution in [-0.2, 0) is 10.0 Å². The van der Waals surface area contributed by atoms with E-state index >= 15 is 0 Å². The molecule has 0 unspecified atom stereocenters. The normalized spacial score (nSPS) is 18.4. The molecular weight excluding hydrogens is 320 g/mol. The number of ether oxygens (including phenoxy) is 1. The number of benzene rings is 1. The fourth-order valence-corrected chi connectivity index (χ4v) is 4.22. The first-order chi connectivity index (χ1) is 10.5. The van der Waals surface area contributed by atoms with E-state index in [0.717, 1.165) is 21.9 Å². The molecule has 0 radical (unpaired) electrons. The van der Waals surface area contributed by atoms with Crippen molar-refractivity contribution in [3.63, 3.8) is 0 Å². The molecule has 5 nitrogen and oxygen atoms in total. The highest BCUT2D eigenvalue weighted by atomic mass is 32.2.